The van der Waals surface area contributed by atoms with Crippen molar-refractivity contribution in [2.75, 3.05) is 12.4 Å². The standard InChI is InChI=1S/C15H13FN2O.C13H24N2O2/c16-13-7-6-11-9-18(10-12(11)8-13)15(19)17-14-4-2-1-3-5-14;1-10(16)14-13(2,3)12(17)15(4)11-8-6-5-7-9-11/h1-8H,9-10H2,(H,17,19);11H,5-9H2,1-4H3,(H,14,16). The van der Waals surface area contributed by atoms with Crippen LogP contribution in [0.4, 0.5) is 14.9 Å². The van der Waals surface area contributed by atoms with Crippen LogP contribution in [0, 0.1) is 5.82 Å². The van der Waals surface area contributed by atoms with E-state index in [0.29, 0.717) is 19.1 Å². The molecule has 1 fully saturated rings. The summed E-state index contributed by atoms with van der Waals surface area (Å²) in [5, 5.41) is 5.54. The summed E-state index contributed by atoms with van der Waals surface area (Å²) in [5.41, 5.74) is 1.83. The van der Waals surface area contributed by atoms with Crippen molar-refractivity contribution in [3.8, 4) is 0 Å². The summed E-state index contributed by atoms with van der Waals surface area (Å²) in [7, 11) is 1.85. The van der Waals surface area contributed by atoms with Gasteiger partial charge in [0.1, 0.15) is 11.4 Å². The van der Waals surface area contributed by atoms with Crippen LogP contribution < -0.4 is 10.6 Å². The fourth-order valence-electron chi connectivity index (χ4n) is 4.80. The van der Waals surface area contributed by atoms with Gasteiger partial charge in [-0.2, -0.15) is 0 Å². The number of amides is 4. The van der Waals surface area contributed by atoms with Crippen LogP contribution in [-0.2, 0) is 22.7 Å². The first kappa shape index (κ1) is 27.2. The van der Waals surface area contributed by atoms with E-state index in [2.05, 4.69) is 10.6 Å². The summed E-state index contributed by atoms with van der Waals surface area (Å²) in [6, 6.07) is 14.1. The molecule has 7 nitrogen and oxygen atoms in total. The Morgan fingerprint density at radius 3 is 2.25 bits per heavy atom. The maximum Gasteiger partial charge on any atom is 0.322 e. The van der Waals surface area contributed by atoms with Crippen molar-refractivity contribution in [3.63, 3.8) is 0 Å². The number of halogens is 1. The van der Waals surface area contributed by atoms with Crippen LogP contribution in [0.3, 0.4) is 0 Å². The molecule has 194 valence electrons. The van der Waals surface area contributed by atoms with E-state index >= 15 is 0 Å². The number of nitrogens with one attached hydrogen (secondary N) is 2. The molecule has 0 unspecified atom stereocenters. The van der Waals surface area contributed by atoms with Crippen molar-refractivity contribution in [1.29, 1.82) is 0 Å². The number of rotatable bonds is 4. The van der Waals surface area contributed by atoms with E-state index in [4.69, 9.17) is 0 Å². The summed E-state index contributed by atoms with van der Waals surface area (Å²) < 4.78 is 13.1. The lowest BCUT2D eigenvalue weighted by molar-refractivity contribution is -0.141. The minimum absolute atomic E-state index is 0.000370. The van der Waals surface area contributed by atoms with Gasteiger partial charge >= 0.3 is 6.03 Å². The molecule has 2 aromatic rings. The van der Waals surface area contributed by atoms with Crippen LogP contribution in [0.5, 0.6) is 0 Å². The van der Waals surface area contributed by atoms with Crippen molar-refractivity contribution in [2.45, 2.75) is 77.5 Å². The quantitative estimate of drug-likeness (QED) is 0.620. The largest absolute Gasteiger partial charge is 0.342 e. The molecule has 1 aliphatic heterocycles. The van der Waals surface area contributed by atoms with Gasteiger partial charge in [0, 0.05) is 38.8 Å². The molecule has 1 heterocycles. The third-order valence-corrected chi connectivity index (χ3v) is 6.67. The van der Waals surface area contributed by atoms with E-state index in [1.54, 1.807) is 24.8 Å². The molecular weight excluding hydrogens is 459 g/mol. The first-order chi connectivity index (χ1) is 17.1. The van der Waals surface area contributed by atoms with Crippen LogP contribution in [0.15, 0.2) is 48.5 Å². The summed E-state index contributed by atoms with van der Waals surface area (Å²) in [6.45, 7) is 5.93. The van der Waals surface area contributed by atoms with Gasteiger partial charge in [-0.15, -0.1) is 0 Å². The highest BCUT2D eigenvalue weighted by molar-refractivity contribution is 5.90. The Kier molecular flexibility index (Phi) is 9.07. The Labute approximate surface area is 213 Å². The van der Waals surface area contributed by atoms with E-state index in [-0.39, 0.29) is 23.7 Å². The summed E-state index contributed by atoms with van der Waals surface area (Å²) in [6.07, 6.45) is 5.83. The normalized spacial score (nSPS) is 15.3. The summed E-state index contributed by atoms with van der Waals surface area (Å²) >= 11 is 0. The highest BCUT2D eigenvalue weighted by atomic mass is 19.1. The molecule has 2 aromatic carbocycles. The van der Waals surface area contributed by atoms with E-state index in [1.807, 2.05) is 42.3 Å². The summed E-state index contributed by atoms with van der Waals surface area (Å²) in [5.74, 6) is -0.427. The maximum atomic E-state index is 13.1. The predicted octanol–water partition coefficient (Wildman–Crippen LogP) is 5.07. The molecule has 36 heavy (non-hydrogen) atoms. The fraction of sp³-hybridized carbons (Fsp3) is 0.464. The number of anilines is 1. The second kappa shape index (κ2) is 12.0. The number of carbonyl (C=O) groups is 3. The number of benzene rings is 2. The van der Waals surface area contributed by atoms with Crippen LogP contribution in [-0.4, -0.2) is 46.3 Å². The number of fused-ring (bicyclic) bond motifs is 1. The SMILES string of the molecule is CC(=O)NC(C)(C)C(=O)N(C)C1CCCCC1.O=C(Nc1ccccc1)N1Cc2ccc(F)cc2C1. The number of hydrogen-bond donors (Lipinski definition) is 2. The van der Waals surface area contributed by atoms with Gasteiger partial charge in [-0.1, -0.05) is 43.5 Å². The Bertz CT molecular complexity index is 1070. The van der Waals surface area contributed by atoms with Crippen LogP contribution in [0.25, 0.3) is 0 Å². The van der Waals surface area contributed by atoms with Crippen molar-refractivity contribution in [2.24, 2.45) is 0 Å². The third kappa shape index (κ3) is 7.29. The van der Waals surface area contributed by atoms with Gasteiger partial charge < -0.3 is 20.4 Å². The molecule has 2 N–H and O–H groups in total. The molecule has 2 aliphatic rings. The average molecular weight is 497 g/mol. The highest BCUT2D eigenvalue weighted by Crippen LogP contribution is 2.25. The molecule has 1 saturated carbocycles. The molecule has 0 aromatic heterocycles. The average Bonchev–Trinajstić information content (AvgIpc) is 3.27. The highest BCUT2D eigenvalue weighted by Gasteiger charge is 2.34. The molecule has 0 spiro atoms. The second-order valence-electron chi connectivity index (χ2n) is 10.1. The van der Waals surface area contributed by atoms with Gasteiger partial charge in [-0.25, -0.2) is 9.18 Å². The third-order valence-electron chi connectivity index (χ3n) is 6.67. The Morgan fingerprint density at radius 2 is 1.61 bits per heavy atom. The zero-order valence-electron chi connectivity index (χ0n) is 21.6. The van der Waals surface area contributed by atoms with Crippen molar-refractivity contribution < 1.29 is 18.8 Å². The number of nitrogens with zero attached hydrogens (tertiary/aromatic N) is 2. The first-order valence-corrected chi connectivity index (χ1v) is 12.5. The number of hydrogen-bond acceptors (Lipinski definition) is 3. The Morgan fingerprint density at radius 1 is 0.972 bits per heavy atom. The Hall–Kier alpha value is -3.42. The van der Waals surface area contributed by atoms with Crippen molar-refractivity contribution in [1.82, 2.24) is 15.1 Å². The lowest BCUT2D eigenvalue weighted by Gasteiger charge is -2.36. The number of para-hydroxylation sites is 1. The smallest absolute Gasteiger partial charge is 0.322 e. The van der Waals surface area contributed by atoms with Gasteiger partial charge in [-0.05, 0) is 62.1 Å². The molecule has 4 rings (SSSR count). The first-order valence-electron chi connectivity index (χ1n) is 12.5. The van der Waals surface area contributed by atoms with Crippen LogP contribution in [0.2, 0.25) is 0 Å². The monoisotopic (exact) mass is 496 g/mol. The predicted molar refractivity (Wildman–Crippen MR) is 139 cm³/mol. The summed E-state index contributed by atoms with van der Waals surface area (Å²) in [4.78, 5) is 39.0. The van der Waals surface area contributed by atoms with E-state index in [0.717, 1.165) is 29.7 Å². The molecular formula is C28H37FN4O3. The van der Waals surface area contributed by atoms with Gasteiger partial charge in [0.25, 0.3) is 0 Å². The van der Waals surface area contributed by atoms with Crippen molar-refractivity contribution >= 4 is 23.5 Å². The van der Waals surface area contributed by atoms with Crippen molar-refractivity contribution in [3.05, 3.63) is 65.5 Å². The second-order valence-corrected chi connectivity index (χ2v) is 10.1. The van der Waals surface area contributed by atoms with E-state index < -0.39 is 5.54 Å². The number of likely N-dealkylation sites (N-methyl/N-ethyl adjacent to an activating group) is 1. The molecule has 1 aliphatic carbocycles. The minimum atomic E-state index is -0.808. The molecule has 0 atom stereocenters. The van der Waals surface area contributed by atoms with E-state index in [1.165, 1.54) is 38.3 Å². The maximum absolute atomic E-state index is 13.1. The van der Waals surface area contributed by atoms with Crippen LogP contribution in [0.1, 0.15) is 64.0 Å². The number of urea groups is 1. The van der Waals surface area contributed by atoms with Gasteiger partial charge in [0.05, 0.1) is 0 Å². The van der Waals surface area contributed by atoms with Crippen LogP contribution >= 0.6 is 0 Å². The zero-order chi connectivity index (χ0) is 26.3. The Balaban J connectivity index is 0.000000202. The topological polar surface area (TPSA) is 81.8 Å². The van der Waals surface area contributed by atoms with Gasteiger partial charge in [-0.3, -0.25) is 9.59 Å². The number of carbonyl (C=O) groups excluding carboxylic acids is 3. The van der Waals surface area contributed by atoms with Gasteiger partial charge in [0.15, 0.2) is 0 Å². The lowest BCUT2D eigenvalue weighted by Crippen LogP contribution is -2.56. The van der Waals surface area contributed by atoms with E-state index in [9.17, 15) is 18.8 Å². The lowest BCUT2D eigenvalue weighted by atomic mass is 9.93. The molecule has 8 heteroatoms. The fourth-order valence-corrected chi connectivity index (χ4v) is 4.80. The molecule has 0 radical (unpaired) electrons. The molecule has 0 saturated heterocycles. The zero-order valence-corrected chi connectivity index (χ0v) is 21.6. The molecule has 4 amide bonds. The molecule has 0 bridgehead atoms. The minimum Gasteiger partial charge on any atom is -0.342 e. The van der Waals surface area contributed by atoms with Gasteiger partial charge in [0.2, 0.25) is 11.8 Å².